The average molecular weight is 344 g/mol. The summed E-state index contributed by atoms with van der Waals surface area (Å²) in [4.78, 5) is 25.3. The molecule has 1 fully saturated rings. The van der Waals surface area contributed by atoms with Gasteiger partial charge in [0.2, 0.25) is 11.9 Å². The number of carbonyl (C=O) groups is 1. The molecule has 0 saturated carbocycles. The van der Waals surface area contributed by atoms with Crippen molar-refractivity contribution < 1.29 is 14.3 Å². The van der Waals surface area contributed by atoms with Crippen molar-refractivity contribution in [3.63, 3.8) is 0 Å². The minimum Gasteiger partial charge on any atom is -0.458 e. The van der Waals surface area contributed by atoms with E-state index in [4.69, 9.17) is 15.2 Å². The topological polar surface area (TPSA) is 115 Å². The number of esters is 1. The van der Waals surface area contributed by atoms with Crippen molar-refractivity contribution in [2.75, 3.05) is 42.3 Å². The first-order valence-corrected chi connectivity index (χ1v) is 7.94. The summed E-state index contributed by atoms with van der Waals surface area (Å²) < 4.78 is 10.2. The molecule has 2 aromatic rings. The maximum Gasteiger partial charge on any atom is 0.303 e. The highest BCUT2D eigenvalue weighted by molar-refractivity contribution is 5.65. The Labute approximate surface area is 145 Å². The molecule has 3 N–H and O–H groups in total. The molecule has 0 aliphatic carbocycles. The fraction of sp³-hybridized carbons (Fsp3) is 0.375. The standard InChI is InChI=1S/C16H20N6O3/c1-11(23)25-10-14-19-15(17)21-16(20-14)18-12-2-4-13(5-3-12)22-6-8-24-9-7-22/h2-5H,6-10H2,1H3,(H3,17,18,19,20,21). The van der Waals surface area contributed by atoms with Crippen molar-refractivity contribution >= 4 is 29.2 Å². The van der Waals surface area contributed by atoms with Crippen LogP contribution in [0.25, 0.3) is 0 Å². The number of nitrogen functional groups attached to an aromatic ring is 1. The van der Waals surface area contributed by atoms with E-state index in [2.05, 4.69) is 25.2 Å². The molecule has 0 bridgehead atoms. The summed E-state index contributed by atoms with van der Waals surface area (Å²) in [7, 11) is 0. The third-order valence-corrected chi connectivity index (χ3v) is 3.60. The van der Waals surface area contributed by atoms with Gasteiger partial charge in [-0.25, -0.2) is 0 Å². The van der Waals surface area contributed by atoms with Crippen LogP contribution in [0.15, 0.2) is 24.3 Å². The lowest BCUT2D eigenvalue weighted by atomic mass is 10.2. The first kappa shape index (κ1) is 16.9. The summed E-state index contributed by atoms with van der Waals surface area (Å²) in [5, 5.41) is 3.08. The number of aromatic nitrogens is 3. The molecule has 1 aromatic heterocycles. The highest BCUT2D eigenvalue weighted by Crippen LogP contribution is 2.21. The van der Waals surface area contributed by atoms with E-state index in [-0.39, 0.29) is 18.4 Å². The summed E-state index contributed by atoms with van der Waals surface area (Å²) >= 11 is 0. The third-order valence-electron chi connectivity index (χ3n) is 3.60. The summed E-state index contributed by atoms with van der Waals surface area (Å²) in [6, 6.07) is 7.93. The third kappa shape index (κ3) is 4.77. The Hall–Kier alpha value is -2.94. The molecule has 2 heterocycles. The van der Waals surface area contributed by atoms with Crippen LogP contribution in [0, 0.1) is 0 Å². The fourth-order valence-electron chi connectivity index (χ4n) is 2.43. The predicted molar refractivity (Wildman–Crippen MR) is 92.5 cm³/mol. The molecule has 132 valence electrons. The molecule has 0 atom stereocenters. The number of carbonyl (C=O) groups excluding carboxylic acids is 1. The molecule has 0 unspecified atom stereocenters. The maximum absolute atomic E-state index is 10.9. The molecule has 3 rings (SSSR count). The van der Waals surface area contributed by atoms with Crippen molar-refractivity contribution in [1.82, 2.24) is 15.0 Å². The molecule has 1 aliphatic rings. The predicted octanol–water partition coefficient (Wildman–Crippen LogP) is 1.10. The number of nitrogens with one attached hydrogen (secondary N) is 1. The van der Waals surface area contributed by atoms with Crippen LogP contribution >= 0.6 is 0 Å². The Morgan fingerprint density at radius 3 is 2.64 bits per heavy atom. The van der Waals surface area contributed by atoms with Gasteiger partial charge >= 0.3 is 5.97 Å². The normalized spacial score (nSPS) is 14.2. The second-order valence-electron chi connectivity index (χ2n) is 5.48. The van der Waals surface area contributed by atoms with Crippen LogP contribution < -0.4 is 16.0 Å². The van der Waals surface area contributed by atoms with Crippen molar-refractivity contribution in [3.8, 4) is 0 Å². The highest BCUT2D eigenvalue weighted by atomic mass is 16.5. The van der Waals surface area contributed by atoms with Crippen molar-refractivity contribution in [1.29, 1.82) is 0 Å². The number of hydrogen-bond acceptors (Lipinski definition) is 9. The van der Waals surface area contributed by atoms with Gasteiger partial charge in [0.25, 0.3) is 0 Å². The Morgan fingerprint density at radius 1 is 1.24 bits per heavy atom. The van der Waals surface area contributed by atoms with Gasteiger partial charge < -0.3 is 25.4 Å². The molecule has 25 heavy (non-hydrogen) atoms. The van der Waals surface area contributed by atoms with E-state index in [0.29, 0.717) is 5.95 Å². The van der Waals surface area contributed by atoms with Gasteiger partial charge in [0.15, 0.2) is 12.4 Å². The Kier molecular flexibility index (Phi) is 5.24. The van der Waals surface area contributed by atoms with Crippen LogP contribution in [0.3, 0.4) is 0 Å². The molecule has 0 spiro atoms. The number of benzene rings is 1. The summed E-state index contributed by atoms with van der Waals surface area (Å²) in [6.45, 7) is 4.53. The Morgan fingerprint density at radius 2 is 1.96 bits per heavy atom. The molecule has 1 saturated heterocycles. The molecular weight excluding hydrogens is 324 g/mol. The Bertz CT molecular complexity index is 731. The molecule has 1 aliphatic heterocycles. The molecule has 0 amide bonds. The number of anilines is 4. The quantitative estimate of drug-likeness (QED) is 0.769. The van der Waals surface area contributed by atoms with E-state index < -0.39 is 5.97 Å². The lowest BCUT2D eigenvalue weighted by Gasteiger charge is -2.28. The van der Waals surface area contributed by atoms with Crippen LogP contribution in [0.2, 0.25) is 0 Å². The minimum absolute atomic E-state index is 0.0489. The van der Waals surface area contributed by atoms with E-state index in [0.717, 1.165) is 37.7 Å². The summed E-state index contributed by atoms with van der Waals surface area (Å²) in [5.74, 6) is 0.237. The van der Waals surface area contributed by atoms with Gasteiger partial charge in [-0.3, -0.25) is 4.79 Å². The molecule has 9 nitrogen and oxygen atoms in total. The van der Waals surface area contributed by atoms with Crippen molar-refractivity contribution in [2.24, 2.45) is 0 Å². The van der Waals surface area contributed by atoms with Crippen LogP contribution in [0.1, 0.15) is 12.7 Å². The number of morpholine rings is 1. The molecule has 1 aromatic carbocycles. The number of ether oxygens (including phenoxy) is 2. The van der Waals surface area contributed by atoms with Gasteiger partial charge in [0.05, 0.1) is 13.2 Å². The van der Waals surface area contributed by atoms with E-state index in [1.165, 1.54) is 6.92 Å². The van der Waals surface area contributed by atoms with Gasteiger partial charge in [-0.2, -0.15) is 15.0 Å². The second-order valence-corrected chi connectivity index (χ2v) is 5.48. The first-order chi connectivity index (χ1) is 12.1. The number of nitrogens with two attached hydrogens (primary N) is 1. The van der Waals surface area contributed by atoms with Crippen LogP contribution in [-0.4, -0.2) is 47.2 Å². The second kappa shape index (κ2) is 7.75. The number of hydrogen-bond donors (Lipinski definition) is 2. The van der Waals surface area contributed by atoms with E-state index in [1.807, 2.05) is 24.3 Å². The van der Waals surface area contributed by atoms with Crippen LogP contribution in [-0.2, 0) is 20.9 Å². The highest BCUT2D eigenvalue weighted by Gasteiger charge is 2.11. The number of rotatable bonds is 5. The lowest BCUT2D eigenvalue weighted by Crippen LogP contribution is -2.36. The smallest absolute Gasteiger partial charge is 0.303 e. The largest absolute Gasteiger partial charge is 0.458 e. The van der Waals surface area contributed by atoms with E-state index in [9.17, 15) is 4.79 Å². The van der Waals surface area contributed by atoms with Gasteiger partial charge in [-0.15, -0.1) is 0 Å². The zero-order chi connectivity index (χ0) is 17.6. The zero-order valence-electron chi connectivity index (χ0n) is 13.9. The SMILES string of the molecule is CC(=O)OCc1nc(N)nc(Nc2ccc(N3CCOCC3)cc2)n1. The van der Waals surface area contributed by atoms with Gasteiger partial charge in [0.1, 0.15) is 0 Å². The summed E-state index contributed by atoms with van der Waals surface area (Å²) in [6.07, 6.45) is 0. The maximum atomic E-state index is 10.9. The molecular formula is C16H20N6O3. The van der Waals surface area contributed by atoms with Gasteiger partial charge in [-0.05, 0) is 24.3 Å². The van der Waals surface area contributed by atoms with Crippen LogP contribution in [0.4, 0.5) is 23.3 Å². The minimum atomic E-state index is -0.410. The molecule has 9 heteroatoms. The lowest BCUT2D eigenvalue weighted by molar-refractivity contribution is -0.142. The zero-order valence-corrected chi connectivity index (χ0v) is 13.9. The Balaban J connectivity index is 1.68. The summed E-state index contributed by atoms with van der Waals surface area (Å²) in [5.41, 5.74) is 7.64. The average Bonchev–Trinajstić information content (AvgIpc) is 2.61. The van der Waals surface area contributed by atoms with Gasteiger partial charge in [0, 0.05) is 31.4 Å². The number of nitrogens with zero attached hydrogens (tertiary/aromatic N) is 4. The fourth-order valence-corrected chi connectivity index (χ4v) is 2.43. The van der Waals surface area contributed by atoms with Gasteiger partial charge in [-0.1, -0.05) is 0 Å². The monoisotopic (exact) mass is 344 g/mol. The van der Waals surface area contributed by atoms with E-state index >= 15 is 0 Å². The van der Waals surface area contributed by atoms with Crippen molar-refractivity contribution in [3.05, 3.63) is 30.1 Å². The first-order valence-electron chi connectivity index (χ1n) is 7.94. The van der Waals surface area contributed by atoms with Crippen molar-refractivity contribution in [2.45, 2.75) is 13.5 Å². The molecule has 0 radical (unpaired) electrons. The van der Waals surface area contributed by atoms with Crippen LogP contribution in [0.5, 0.6) is 0 Å². The van der Waals surface area contributed by atoms with E-state index in [1.54, 1.807) is 0 Å².